The maximum Gasteiger partial charge on any atom is 0.297 e. The van der Waals surface area contributed by atoms with Crippen LogP contribution < -0.4 is 19.8 Å². The van der Waals surface area contributed by atoms with E-state index in [2.05, 4.69) is 10.2 Å². The molecule has 1 aliphatic rings. The Hall–Kier alpha value is -3.72. The zero-order valence-corrected chi connectivity index (χ0v) is 17.7. The summed E-state index contributed by atoms with van der Waals surface area (Å²) in [5.41, 5.74) is 1.04. The van der Waals surface area contributed by atoms with Gasteiger partial charge in [-0.3, -0.25) is 14.5 Å². The summed E-state index contributed by atoms with van der Waals surface area (Å²) >= 11 is 1.28. The first-order valence-corrected chi connectivity index (χ1v) is 10.3. The molecule has 2 aromatic heterocycles. The zero-order valence-electron chi connectivity index (χ0n) is 16.9. The number of anilines is 1. The van der Waals surface area contributed by atoms with Gasteiger partial charge in [0.1, 0.15) is 22.1 Å². The van der Waals surface area contributed by atoms with Crippen molar-refractivity contribution in [3.63, 3.8) is 0 Å². The van der Waals surface area contributed by atoms with Crippen molar-refractivity contribution < 1.29 is 18.7 Å². The number of rotatable bonds is 4. The molecule has 0 N–H and O–H groups in total. The maximum absolute atomic E-state index is 13.5. The summed E-state index contributed by atoms with van der Waals surface area (Å²) in [6, 6.07) is 11.5. The van der Waals surface area contributed by atoms with Gasteiger partial charge in [0, 0.05) is 6.07 Å². The molecular formula is C22H17N3O5S. The summed E-state index contributed by atoms with van der Waals surface area (Å²) in [5, 5.41) is 9.68. The van der Waals surface area contributed by atoms with Gasteiger partial charge in [0.15, 0.2) is 5.43 Å². The predicted octanol–water partition coefficient (Wildman–Crippen LogP) is 3.72. The Morgan fingerprint density at radius 1 is 1.00 bits per heavy atom. The highest BCUT2D eigenvalue weighted by atomic mass is 32.1. The largest absolute Gasteiger partial charge is 0.497 e. The van der Waals surface area contributed by atoms with E-state index in [9.17, 15) is 9.59 Å². The molecule has 0 fully saturated rings. The van der Waals surface area contributed by atoms with E-state index in [0.29, 0.717) is 32.6 Å². The standard InChI is InChI=1S/C22H17N3O5S/c1-11-23-24-22(31-11)25-18(12-4-6-13(28-2)7-5-12)17-19(26)15-9-8-14(29-3)10-16(15)30-20(17)21(25)27/h4-10,18H,1-3H3/t18-/m0/s1. The van der Waals surface area contributed by atoms with E-state index in [1.807, 2.05) is 12.1 Å². The Kier molecular flexibility index (Phi) is 4.48. The van der Waals surface area contributed by atoms with Crippen LogP contribution in [-0.2, 0) is 0 Å². The van der Waals surface area contributed by atoms with Gasteiger partial charge in [-0.15, -0.1) is 10.2 Å². The fourth-order valence-electron chi connectivity index (χ4n) is 3.76. The second-order valence-corrected chi connectivity index (χ2v) is 8.15. The number of nitrogens with zero attached hydrogens (tertiary/aromatic N) is 3. The number of benzene rings is 2. The molecule has 0 saturated carbocycles. The summed E-state index contributed by atoms with van der Waals surface area (Å²) in [6.07, 6.45) is 0. The molecule has 0 aliphatic carbocycles. The molecule has 8 nitrogen and oxygen atoms in total. The van der Waals surface area contributed by atoms with Gasteiger partial charge in [0.2, 0.25) is 10.9 Å². The lowest BCUT2D eigenvalue weighted by Gasteiger charge is -2.22. The SMILES string of the molecule is COc1ccc([C@H]2c3c(oc4cc(OC)ccc4c3=O)C(=O)N2c2nnc(C)s2)cc1. The minimum atomic E-state index is -0.691. The molecule has 0 saturated heterocycles. The normalized spacial score (nSPS) is 15.4. The summed E-state index contributed by atoms with van der Waals surface area (Å²) in [5.74, 6) is 0.766. The minimum Gasteiger partial charge on any atom is -0.497 e. The smallest absolute Gasteiger partial charge is 0.297 e. The van der Waals surface area contributed by atoms with Crippen molar-refractivity contribution in [1.29, 1.82) is 0 Å². The highest BCUT2D eigenvalue weighted by Crippen LogP contribution is 2.42. The lowest BCUT2D eigenvalue weighted by molar-refractivity contribution is 0.0970. The van der Waals surface area contributed by atoms with Gasteiger partial charge < -0.3 is 13.9 Å². The van der Waals surface area contributed by atoms with Gasteiger partial charge in [-0.1, -0.05) is 23.5 Å². The summed E-state index contributed by atoms with van der Waals surface area (Å²) < 4.78 is 16.4. The van der Waals surface area contributed by atoms with E-state index >= 15 is 0 Å². The molecule has 1 aliphatic heterocycles. The quantitative estimate of drug-likeness (QED) is 0.482. The van der Waals surface area contributed by atoms with Crippen LogP contribution in [0.25, 0.3) is 11.0 Å². The number of carbonyl (C=O) groups is 1. The van der Waals surface area contributed by atoms with Crippen molar-refractivity contribution in [2.45, 2.75) is 13.0 Å². The third-order valence-electron chi connectivity index (χ3n) is 5.23. The van der Waals surface area contributed by atoms with E-state index in [1.54, 1.807) is 44.4 Å². The molecule has 31 heavy (non-hydrogen) atoms. The Labute approximate surface area is 180 Å². The molecule has 4 aromatic rings. The van der Waals surface area contributed by atoms with Crippen LogP contribution in [0.1, 0.15) is 32.7 Å². The van der Waals surface area contributed by atoms with E-state index in [-0.39, 0.29) is 16.8 Å². The molecule has 1 atom stereocenters. The molecule has 2 aromatic carbocycles. The number of hydrogen-bond donors (Lipinski definition) is 0. The van der Waals surface area contributed by atoms with Gasteiger partial charge in [0.05, 0.1) is 31.2 Å². The van der Waals surface area contributed by atoms with Gasteiger partial charge >= 0.3 is 0 Å². The van der Waals surface area contributed by atoms with Crippen LogP contribution in [-0.4, -0.2) is 30.3 Å². The second-order valence-electron chi connectivity index (χ2n) is 6.99. The van der Waals surface area contributed by atoms with Crippen LogP contribution in [0.5, 0.6) is 11.5 Å². The Morgan fingerprint density at radius 2 is 1.71 bits per heavy atom. The lowest BCUT2D eigenvalue weighted by atomic mass is 9.98. The van der Waals surface area contributed by atoms with E-state index in [0.717, 1.165) is 5.56 Å². The number of fused-ring (bicyclic) bond motifs is 2. The summed E-state index contributed by atoms with van der Waals surface area (Å²) in [7, 11) is 3.10. The van der Waals surface area contributed by atoms with Crippen LogP contribution in [0, 0.1) is 6.92 Å². The third kappa shape index (κ3) is 2.97. The third-order valence-corrected chi connectivity index (χ3v) is 6.07. The van der Waals surface area contributed by atoms with Crippen LogP contribution in [0.2, 0.25) is 0 Å². The average Bonchev–Trinajstić information content (AvgIpc) is 3.34. The average molecular weight is 435 g/mol. The van der Waals surface area contributed by atoms with Crippen LogP contribution in [0.4, 0.5) is 5.13 Å². The van der Waals surface area contributed by atoms with Crippen molar-refractivity contribution in [3.05, 3.63) is 74.6 Å². The minimum absolute atomic E-state index is 0.000533. The molecule has 0 radical (unpaired) electrons. The molecule has 0 bridgehead atoms. The van der Waals surface area contributed by atoms with Crippen molar-refractivity contribution in [3.8, 4) is 11.5 Å². The first kappa shape index (κ1) is 19.3. The van der Waals surface area contributed by atoms with Crippen molar-refractivity contribution in [2.24, 2.45) is 0 Å². The van der Waals surface area contributed by atoms with Crippen LogP contribution >= 0.6 is 11.3 Å². The van der Waals surface area contributed by atoms with Crippen LogP contribution in [0.15, 0.2) is 51.7 Å². The zero-order chi connectivity index (χ0) is 21.7. The molecular weight excluding hydrogens is 418 g/mol. The number of aryl methyl sites for hydroxylation is 1. The number of methoxy groups -OCH3 is 2. The van der Waals surface area contributed by atoms with Crippen molar-refractivity contribution in [1.82, 2.24) is 10.2 Å². The van der Waals surface area contributed by atoms with Gasteiger partial charge in [-0.2, -0.15) is 0 Å². The van der Waals surface area contributed by atoms with Gasteiger partial charge in [-0.05, 0) is 36.8 Å². The Morgan fingerprint density at radius 3 is 2.35 bits per heavy atom. The molecule has 9 heteroatoms. The number of amides is 1. The predicted molar refractivity (Wildman–Crippen MR) is 115 cm³/mol. The molecule has 1 amide bonds. The van der Waals surface area contributed by atoms with Gasteiger partial charge in [0.25, 0.3) is 5.91 Å². The molecule has 0 unspecified atom stereocenters. The highest BCUT2D eigenvalue weighted by molar-refractivity contribution is 7.15. The number of carbonyl (C=O) groups excluding carboxylic acids is 1. The summed E-state index contributed by atoms with van der Waals surface area (Å²) in [4.78, 5) is 28.4. The highest BCUT2D eigenvalue weighted by Gasteiger charge is 2.45. The number of ether oxygens (including phenoxy) is 2. The van der Waals surface area contributed by atoms with Gasteiger partial charge in [-0.25, -0.2) is 0 Å². The van der Waals surface area contributed by atoms with Crippen molar-refractivity contribution in [2.75, 3.05) is 19.1 Å². The molecule has 3 heterocycles. The molecule has 0 spiro atoms. The fraction of sp³-hybridized carbons (Fsp3) is 0.182. The maximum atomic E-state index is 13.5. The molecule has 156 valence electrons. The van der Waals surface area contributed by atoms with Crippen molar-refractivity contribution >= 4 is 33.3 Å². The van der Waals surface area contributed by atoms with E-state index in [4.69, 9.17) is 13.9 Å². The monoisotopic (exact) mass is 435 g/mol. The Balaban J connectivity index is 1.78. The topological polar surface area (TPSA) is 94.8 Å². The van der Waals surface area contributed by atoms with E-state index < -0.39 is 11.9 Å². The summed E-state index contributed by atoms with van der Waals surface area (Å²) in [6.45, 7) is 1.81. The first-order valence-electron chi connectivity index (χ1n) is 9.44. The fourth-order valence-corrected chi connectivity index (χ4v) is 4.47. The number of aromatic nitrogens is 2. The lowest BCUT2D eigenvalue weighted by Crippen LogP contribution is -2.29. The van der Waals surface area contributed by atoms with E-state index in [1.165, 1.54) is 23.3 Å². The van der Waals surface area contributed by atoms with Crippen LogP contribution in [0.3, 0.4) is 0 Å². The first-order chi connectivity index (χ1) is 15.0. The number of hydrogen-bond acceptors (Lipinski definition) is 8. The Bertz CT molecular complexity index is 1380. The second kappa shape index (κ2) is 7.21. The molecule has 5 rings (SSSR count).